The lowest BCUT2D eigenvalue weighted by molar-refractivity contribution is 0.0938. The van der Waals surface area contributed by atoms with Crippen LogP contribution in [0.3, 0.4) is 0 Å². The molecule has 0 aromatic heterocycles. The molecule has 0 saturated carbocycles. The molecule has 1 N–H and O–H groups in total. The van der Waals surface area contributed by atoms with E-state index in [9.17, 15) is 13.2 Å². The average Bonchev–Trinajstić information content (AvgIpc) is 2.80. The van der Waals surface area contributed by atoms with Crippen LogP contribution in [0.25, 0.3) is 0 Å². The molecule has 1 amide bonds. The molecular formula is C24H30ClN3O3S. The van der Waals surface area contributed by atoms with Crippen LogP contribution in [0.1, 0.15) is 48.5 Å². The van der Waals surface area contributed by atoms with Crippen LogP contribution in [0.4, 0.5) is 5.69 Å². The number of nitrogens with one attached hydrogen (secondary N) is 1. The van der Waals surface area contributed by atoms with Crippen LogP contribution in [0.5, 0.6) is 0 Å². The molecular weight excluding hydrogens is 446 g/mol. The summed E-state index contributed by atoms with van der Waals surface area (Å²) in [4.78, 5) is 15.3. The fraction of sp³-hybridized carbons (Fsp3) is 0.458. The molecule has 0 bridgehead atoms. The normalized spacial score (nSPS) is 19.4. The SMILES string of the molecule is CC1CCCCN1CCNC(=O)c1cc(S(=O)(=O)N2CCCc3ccccc32)ccc1Cl. The molecule has 6 nitrogen and oxygen atoms in total. The Hall–Kier alpha value is -2.09. The van der Waals surface area contributed by atoms with Crippen molar-refractivity contribution in [3.8, 4) is 0 Å². The van der Waals surface area contributed by atoms with Crippen molar-refractivity contribution in [2.24, 2.45) is 0 Å². The predicted octanol–water partition coefficient (Wildman–Crippen LogP) is 4.09. The zero-order valence-electron chi connectivity index (χ0n) is 18.4. The third-order valence-corrected chi connectivity index (χ3v) is 8.60. The summed E-state index contributed by atoms with van der Waals surface area (Å²) in [6, 6.07) is 12.4. The number of amides is 1. The van der Waals surface area contributed by atoms with Gasteiger partial charge >= 0.3 is 0 Å². The molecule has 2 aromatic carbocycles. The van der Waals surface area contributed by atoms with Crippen molar-refractivity contribution in [3.63, 3.8) is 0 Å². The van der Waals surface area contributed by atoms with Crippen molar-refractivity contribution in [2.45, 2.75) is 50.0 Å². The van der Waals surface area contributed by atoms with Crippen molar-refractivity contribution >= 4 is 33.2 Å². The van der Waals surface area contributed by atoms with E-state index in [0.29, 0.717) is 24.8 Å². The lowest BCUT2D eigenvalue weighted by Crippen LogP contribution is -2.42. The van der Waals surface area contributed by atoms with Crippen LogP contribution in [-0.2, 0) is 16.4 Å². The Balaban J connectivity index is 1.50. The first-order valence-electron chi connectivity index (χ1n) is 11.3. The van der Waals surface area contributed by atoms with Crippen molar-refractivity contribution < 1.29 is 13.2 Å². The van der Waals surface area contributed by atoms with Gasteiger partial charge in [0.15, 0.2) is 0 Å². The highest BCUT2D eigenvalue weighted by Crippen LogP contribution is 2.32. The minimum atomic E-state index is -3.81. The van der Waals surface area contributed by atoms with Gasteiger partial charge in [-0.2, -0.15) is 0 Å². The van der Waals surface area contributed by atoms with Crippen molar-refractivity contribution in [2.75, 3.05) is 30.5 Å². The first-order valence-corrected chi connectivity index (χ1v) is 13.1. The number of aryl methyl sites for hydroxylation is 1. The highest BCUT2D eigenvalue weighted by atomic mass is 35.5. The zero-order chi connectivity index (χ0) is 22.7. The number of piperidine rings is 1. The Morgan fingerprint density at radius 1 is 1.12 bits per heavy atom. The molecule has 2 heterocycles. The van der Waals surface area contributed by atoms with E-state index in [4.69, 9.17) is 11.6 Å². The Morgan fingerprint density at radius 3 is 2.75 bits per heavy atom. The maximum Gasteiger partial charge on any atom is 0.264 e. The quantitative estimate of drug-likeness (QED) is 0.683. The standard InChI is InChI=1S/C24H30ClN3O3S/c1-18-7-4-5-14-27(18)16-13-26-24(29)21-17-20(11-12-22(21)25)32(30,31)28-15-6-9-19-8-2-3-10-23(19)28/h2-3,8,10-12,17-18H,4-7,9,13-16H2,1H3,(H,26,29). The van der Waals surface area contributed by atoms with Crippen molar-refractivity contribution in [1.82, 2.24) is 10.2 Å². The van der Waals surface area contributed by atoms with Gasteiger partial charge in [-0.05, 0) is 69.0 Å². The smallest absolute Gasteiger partial charge is 0.264 e. The van der Waals surface area contributed by atoms with E-state index in [2.05, 4.69) is 17.1 Å². The van der Waals surface area contributed by atoms with E-state index in [-0.39, 0.29) is 21.4 Å². The van der Waals surface area contributed by atoms with E-state index in [0.717, 1.165) is 31.5 Å². The number of para-hydroxylation sites is 1. The van der Waals surface area contributed by atoms with Gasteiger partial charge in [0.05, 0.1) is 21.2 Å². The summed E-state index contributed by atoms with van der Waals surface area (Å²) in [5, 5.41) is 3.15. The maximum atomic E-state index is 13.4. The van der Waals surface area contributed by atoms with Gasteiger partial charge in [-0.1, -0.05) is 36.2 Å². The van der Waals surface area contributed by atoms with E-state index < -0.39 is 10.0 Å². The van der Waals surface area contributed by atoms with E-state index >= 15 is 0 Å². The molecule has 0 radical (unpaired) electrons. The summed E-state index contributed by atoms with van der Waals surface area (Å²) in [7, 11) is -3.81. The zero-order valence-corrected chi connectivity index (χ0v) is 20.0. The van der Waals surface area contributed by atoms with Crippen LogP contribution in [0.15, 0.2) is 47.4 Å². The number of fused-ring (bicyclic) bond motifs is 1. The number of likely N-dealkylation sites (tertiary alicyclic amines) is 1. The third kappa shape index (κ3) is 4.80. The molecule has 2 aliphatic heterocycles. The molecule has 32 heavy (non-hydrogen) atoms. The van der Waals surface area contributed by atoms with Crippen molar-refractivity contribution in [1.29, 1.82) is 0 Å². The van der Waals surface area contributed by atoms with Gasteiger partial charge in [0.1, 0.15) is 0 Å². The molecule has 0 spiro atoms. The molecule has 2 aliphatic rings. The second kappa shape index (κ2) is 9.81. The summed E-state index contributed by atoms with van der Waals surface area (Å²) in [6.45, 7) is 4.94. The third-order valence-electron chi connectivity index (χ3n) is 6.46. The predicted molar refractivity (Wildman–Crippen MR) is 128 cm³/mol. The number of halogens is 1. The molecule has 0 aliphatic carbocycles. The summed E-state index contributed by atoms with van der Waals surface area (Å²) >= 11 is 6.28. The minimum Gasteiger partial charge on any atom is -0.351 e. The van der Waals surface area contributed by atoms with Gasteiger partial charge in [-0.3, -0.25) is 14.0 Å². The maximum absolute atomic E-state index is 13.4. The molecule has 1 fully saturated rings. The largest absolute Gasteiger partial charge is 0.351 e. The number of benzene rings is 2. The molecule has 4 rings (SSSR count). The number of rotatable bonds is 6. The summed E-state index contributed by atoms with van der Waals surface area (Å²) in [5.74, 6) is -0.351. The average molecular weight is 476 g/mol. The van der Waals surface area contributed by atoms with Crippen LogP contribution < -0.4 is 9.62 Å². The Bertz CT molecular complexity index is 1090. The first-order chi connectivity index (χ1) is 15.4. The van der Waals surface area contributed by atoms with Crippen LogP contribution in [0.2, 0.25) is 5.02 Å². The lowest BCUT2D eigenvalue weighted by Gasteiger charge is -2.33. The monoisotopic (exact) mass is 475 g/mol. The van der Waals surface area contributed by atoms with Gasteiger partial charge < -0.3 is 5.32 Å². The van der Waals surface area contributed by atoms with Crippen LogP contribution >= 0.6 is 11.6 Å². The van der Waals surface area contributed by atoms with Gasteiger partial charge in [-0.25, -0.2) is 8.42 Å². The number of carbonyl (C=O) groups excluding carboxylic acids is 1. The highest BCUT2D eigenvalue weighted by molar-refractivity contribution is 7.92. The fourth-order valence-corrected chi connectivity index (χ4v) is 6.38. The Labute approximate surface area is 195 Å². The first kappa shape index (κ1) is 23.1. The molecule has 1 unspecified atom stereocenters. The molecule has 1 saturated heterocycles. The number of anilines is 1. The number of sulfonamides is 1. The Kier molecular flexibility index (Phi) is 7.08. The molecule has 1 atom stereocenters. The summed E-state index contributed by atoms with van der Waals surface area (Å²) in [6.07, 6.45) is 5.23. The lowest BCUT2D eigenvalue weighted by atomic mass is 10.0. The second-order valence-corrected chi connectivity index (χ2v) is 10.9. The summed E-state index contributed by atoms with van der Waals surface area (Å²) < 4.78 is 28.3. The molecule has 2 aromatic rings. The second-order valence-electron chi connectivity index (χ2n) is 8.59. The van der Waals surface area contributed by atoms with E-state index in [1.54, 1.807) is 0 Å². The van der Waals surface area contributed by atoms with Gasteiger partial charge in [0.25, 0.3) is 15.9 Å². The number of nitrogens with zero attached hydrogens (tertiary/aromatic N) is 2. The van der Waals surface area contributed by atoms with E-state index in [1.165, 1.54) is 41.8 Å². The Morgan fingerprint density at radius 2 is 1.94 bits per heavy atom. The molecule has 172 valence electrons. The fourth-order valence-electron chi connectivity index (χ4n) is 4.61. The van der Waals surface area contributed by atoms with E-state index in [1.807, 2.05) is 24.3 Å². The van der Waals surface area contributed by atoms with Crippen LogP contribution in [-0.4, -0.2) is 51.4 Å². The van der Waals surface area contributed by atoms with Gasteiger partial charge in [0, 0.05) is 25.7 Å². The van der Waals surface area contributed by atoms with Gasteiger partial charge in [0.2, 0.25) is 0 Å². The van der Waals surface area contributed by atoms with Crippen LogP contribution in [0, 0.1) is 0 Å². The number of hydrogen-bond acceptors (Lipinski definition) is 4. The van der Waals surface area contributed by atoms with Gasteiger partial charge in [-0.15, -0.1) is 0 Å². The highest BCUT2D eigenvalue weighted by Gasteiger charge is 2.30. The number of carbonyl (C=O) groups is 1. The summed E-state index contributed by atoms with van der Waals surface area (Å²) in [5.41, 5.74) is 1.90. The number of hydrogen-bond donors (Lipinski definition) is 1. The molecule has 8 heteroatoms. The minimum absolute atomic E-state index is 0.0772. The van der Waals surface area contributed by atoms with Crippen molar-refractivity contribution in [3.05, 3.63) is 58.6 Å². The topological polar surface area (TPSA) is 69.7 Å².